The predicted molar refractivity (Wildman–Crippen MR) is 83.6 cm³/mol. The number of aryl methyl sites for hydroxylation is 2. The molecule has 0 aliphatic heterocycles. The zero-order valence-corrected chi connectivity index (χ0v) is 13.2. The van der Waals surface area contributed by atoms with Crippen molar-refractivity contribution in [3.05, 3.63) is 52.3 Å². The minimum Gasteiger partial charge on any atom is -0.282 e. The number of benzene rings is 1. The number of amides is 1. The maximum absolute atomic E-state index is 12.8. The summed E-state index contributed by atoms with van der Waals surface area (Å²) in [6, 6.07) is 5.03. The van der Waals surface area contributed by atoms with E-state index in [0.717, 1.165) is 29.2 Å². The number of halogens is 3. The summed E-state index contributed by atoms with van der Waals surface area (Å²) in [7, 11) is 0. The largest absolute Gasteiger partial charge is 0.417 e. The van der Waals surface area contributed by atoms with Crippen molar-refractivity contribution in [2.75, 3.05) is 0 Å². The molecule has 0 aliphatic carbocycles. The molecule has 5 nitrogen and oxygen atoms in total. The lowest BCUT2D eigenvalue weighted by Crippen LogP contribution is -2.18. The molecule has 1 aromatic carbocycles. The Morgan fingerprint density at radius 1 is 1.33 bits per heavy atom. The van der Waals surface area contributed by atoms with Gasteiger partial charge in [-0.2, -0.15) is 23.4 Å². The number of hydrogen-bond acceptors (Lipinski definition) is 3. The van der Waals surface area contributed by atoms with Crippen LogP contribution in [0.25, 0.3) is 0 Å². The summed E-state index contributed by atoms with van der Waals surface area (Å²) in [4.78, 5) is 11.8. The van der Waals surface area contributed by atoms with Crippen LogP contribution in [0.3, 0.4) is 0 Å². The van der Waals surface area contributed by atoms with Crippen molar-refractivity contribution < 1.29 is 18.0 Å². The first kappa shape index (κ1) is 17.7. The SMILES string of the molecule is Cc1n[nH]c(C)c1CCC(=O)N/N=C\c1ccccc1C(F)(F)F. The highest BCUT2D eigenvalue weighted by molar-refractivity contribution is 5.84. The number of carbonyl (C=O) groups excluding carboxylic acids is 1. The first-order valence-corrected chi connectivity index (χ1v) is 7.27. The second-order valence-electron chi connectivity index (χ2n) is 5.29. The van der Waals surface area contributed by atoms with Gasteiger partial charge in [0.1, 0.15) is 0 Å². The monoisotopic (exact) mass is 338 g/mol. The van der Waals surface area contributed by atoms with Crippen molar-refractivity contribution in [2.45, 2.75) is 32.9 Å². The fraction of sp³-hybridized carbons (Fsp3) is 0.312. The molecule has 128 valence electrons. The molecule has 0 aliphatic rings. The summed E-state index contributed by atoms with van der Waals surface area (Å²) in [5.41, 5.74) is 4.01. The zero-order chi connectivity index (χ0) is 17.7. The Hall–Kier alpha value is -2.64. The van der Waals surface area contributed by atoms with E-state index >= 15 is 0 Å². The minimum absolute atomic E-state index is 0.105. The van der Waals surface area contributed by atoms with E-state index in [1.165, 1.54) is 18.2 Å². The molecule has 0 saturated heterocycles. The molecule has 0 fully saturated rings. The zero-order valence-electron chi connectivity index (χ0n) is 13.2. The number of carbonyl (C=O) groups is 1. The molecule has 8 heteroatoms. The van der Waals surface area contributed by atoms with Gasteiger partial charge in [-0.3, -0.25) is 9.89 Å². The van der Waals surface area contributed by atoms with Crippen LogP contribution < -0.4 is 5.43 Å². The Balaban J connectivity index is 1.94. The number of aromatic nitrogens is 2. The first-order chi connectivity index (χ1) is 11.3. The molecule has 2 N–H and O–H groups in total. The second-order valence-corrected chi connectivity index (χ2v) is 5.29. The number of hydrazone groups is 1. The average Bonchev–Trinajstić information content (AvgIpc) is 2.83. The second kappa shape index (κ2) is 7.29. The van der Waals surface area contributed by atoms with Gasteiger partial charge >= 0.3 is 6.18 Å². The molecular weight excluding hydrogens is 321 g/mol. The highest BCUT2D eigenvalue weighted by Crippen LogP contribution is 2.31. The predicted octanol–water partition coefficient (Wildman–Crippen LogP) is 3.13. The number of alkyl halides is 3. The highest BCUT2D eigenvalue weighted by Gasteiger charge is 2.32. The topological polar surface area (TPSA) is 70.1 Å². The van der Waals surface area contributed by atoms with Gasteiger partial charge in [-0.25, -0.2) is 5.43 Å². The Morgan fingerprint density at radius 2 is 2.04 bits per heavy atom. The smallest absolute Gasteiger partial charge is 0.282 e. The third-order valence-electron chi connectivity index (χ3n) is 3.54. The fourth-order valence-electron chi connectivity index (χ4n) is 2.28. The van der Waals surface area contributed by atoms with Crippen molar-refractivity contribution in [1.29, 1.82) is 0 Å². The van der Waals surface area contributed by atoms with E-state index < -0.39 is 11.7 Å². The molecule has 1 amide bonds. The number of nitrogens with one attached hydrogen (secondary N) is 2. The van der Waals surface area contributed by atoms with Gasteiger partial charge in [0.05, 0.1) is 17.5 Å². The molecule has 0 unspecified atom stereocenters. The van der Waals surface area contributed by atoms with Gasteiger partial charge in [0.2, 0.25) is 5.91 Å². The van der Waals surface area contributed by atoms with Crippen molar-refractivity contribution in [3.63, 3.8) is 0 Å². The molecular formula is C16H17F3N4O. The number of H-pyrrole nitrogens is 1. The number of rotatable bonds is 5. The van der Waals surface area contributed by atoms with Gasteiger partial charge in [0, 0.05) is 17.7 Å². The van der Waals surface area contributed by atoms with Crippen molar-refractivity contribution in [1.82, 2.24) is 15.6 Å². The lowest BCUT2D eigenvalue weighted by atomic mass is 10.1. The quantitative estimate of drug-likeness (QED) is 0.649. The molecule has 24 heavy (non-hydrogen) atoms. The van der Waals surface area contributed by atoms with Crippen LogP contribution in [-0.4, -0.2) is 22.3 Å². The summed E-state index contributed by atoms with van der Waals surface area (Å²) in [6.07, 6.45) is -2.83. The Kier molecular flexibility index (Phi) is 5.38. The van der Waals surface area contributed by atoms with E-state index in [4.69, 9.17) is 0 Å². The van der Waals surface area contributed by atoms with E-state index in [1.54, 1.807) is 0 Å². The van der Waals surface area contributed by atoms with Crippen LogP contribution in [0.5, 0.6) is 0 Å². The maximum atomic E-state index is 12.8. The standard InChI is InChI=1S/C16H17F3N4O/c1-10-13(11(2)22-21-10)7-8-15(24)23-20-9-12-5-3-4-6-14(12)16(17,18)19/h3-6,9H,7-8H2,1-2H3,(H,21,22)(H,23,24)/b20-9-. The van der Waals surface area contributed by atoms with E-state index in [0.29, 0.717) is 6.42 Å². The summed E-state index contributed by atoms with van der Waals surface area (Å²) in [5.74, 6) is -0.379. The van der Waals surface area contributed by atoms with Crippen LogP contribution in [-0.2, 0) is 17.4 Å². The van der Waals surface area contributed by atoms with Crippen molar-refractivity contribution in [3.8, 4) is 0 Å². The molecule has 2 aromatic rings. The van der Waals surface area contributed by atoms with Crippen LogP contribution in [0.2, 0.25) is 0 Å². The van der Waals surface area contributed by atoms with Crippen LogP contribution in [0, 0.1) is 13.8 Å². The summed E-state index contributed by atoms with van der Waals surface area (Å²) in [5, 5.41) is 10.5. The first-order valence-electron chi connectivity index (χ1n) is 7.27. The Morgan fingerprint density at radius 3 is 2.67 bits per heavy atom. The fourth-order valence-corrected chi connectivity index (χ4v) is 2.28. The summed E-state index contributed by atoms with van der Waals surface area (Å²) >= 11 is 0. The molecule has 0 atom stereocenters. The molecule has 1 aromatic heterocycles. The lowest BCUT2D eigenvalue weighted by Gasteiger charge is -2.09. The normalized spacial score (nSPS) is 11.9. The van der Waals surface area contributed by atoms with Gasteiger partial charge in [-0.15, -0.1) is 0 Å². The molecule has 0 spiro atoms. The minimum atomic E-state index is -4.47. The molecule has 0 radical (unpaired) electrons. The number of hydrogen-bond donors (Lipinski definition) is 2. The third kappa shape index (κ3) is 4.43. The summed E-state index contributed by atoms with van der Waals surface area (Å²) in [6.45, 7) is 3.70. The Bertz CT molecular complexity index is 731. The molecule has 0 saturated carbocycles. The van der Waals surface area contributed by atoms with Crippen LogP contribution in [0.15, 0.2) is 29.4 Å². The van der Waals surface area contributed by atoms with Crippen molar-refractivity contribution >= 4 is 12.1 Å². The summed E-state index contributed by atoms with van der Waals surface area (Å²) < 4.78 is 38.5. The van der Waals surface area contributed by atoms with Crippen LogP contribution in [0.1, 0.15) is 34.5 Å². The van der Waals surface area contributed by atoms with Gasteiger partial charge in [0.25, 0.3) is 0 Å². The molecule has 0 bridgehead atoms. The van der Waals surface area contributed by atoms with Gasteiger partial charge in [-0.05, 0) is 31.9 Å². The van der Waals surface area contributed by atoms with Gasteiger partial charge < -0.3 is 0 Å². The van der Waals surface area contributed by atoms with E-state index in [1.807, 2.05) is 13.8 Å². The number of aromatic amines is 1. The Labute approximate surface area is 137 Å². The van der Waals surface area contributed by atoms with Gasteiger partial charge in [-0.1, -0.05) is 18.2 Å². The van der Waals surface area contributed by atoms with Crippen LogP contribution in [0.4, 0.5) is 13.2 Å². The maximum Gasteiger partial charge on any atom is 0.417 e. The van der Waals surface area contributed by atoms with Crippen LogP contribution >= 0.6 is 0 Å². The van der Waals surface area contributed by atoms with E-state index in [2.05, 4.69) is 20.7 Å². The molecule has 1 heterocycles. The lowest BCUT2D eigenvalue weighted by molar-refractivity contribution is -0.137. The number of nitrogens with zero attached hydrogens (tertiary/aromatic N) is 2. The third-order valence-corrected chi connectivity index (χ3v) is 3.54. The van der Waals surface area contributed by atoms with E-state index in [-0.39, 0.29) is 17.9 Å². The van der Waals surface area contributed by atoms with Gasteiger partial charge in [0.15, 0.2) is 0 Å². The van der Waals surface area contributed by atoms with Crippen molar-refractivity contribution in [2.24, 2.45) is 5.10 Å². The van der Waals surface area contributed by atoms with E-state index in [9.17, 15) is 18.0 Å². The average molecular weight is 338 g/mol. The molecule has 2 rings (SSSR count). The highest BCUT2D eigenvalue weighted by atomic mass is 19.4.